The Morgan fingerprint density at radius 1 is 0.957 bits per heavy atom. The van der Waals surface area contributed by atoms with Gasteiger partial charge in [-0.1, -0.05) is 79.2 Å². The molecule has 2 amide bonds. The quantitative estimate of drug-likeness (QED) is 0.222. The van der Waals surface area contributed by atoms with E-state index in [4.69, 9.17) is 23.2 Å². The number of aryl methyl sites for hydroxylation is 1. The number of benzene rings is 3. The molecule has 1 fully saturated rings. The Morgan fingerprint density at radius 3 is 2.15 bits per heavy atom. The van der Waals surface area contributed by atoms with Crippen molar-refractivity contribution in [2.24, 2.45) is 0 Å². The molecule has 4 rings (SSSR count). The van der Waals surface area contributed by atoms with Gasteiger partial charge in [0, 0.05) is 28.2 Å². The Morgan fingerprint density at radius 2 is 1.57 bits per heavy atom. The van der Waals surface area contributed by atoms with Crippen LogP contribution < -0.4 is 9.62 Å². The van der Waals surface area contributed by atoms with Gasteiger partial charge in [0.1, 0.15) is 12.6 Å². The van der Waals surface area contributed by atoms with Crippen molar-refractivity contribution in [2.75, 3.05) is 10.8 Å². The first-order valence-corrected chi connectivity index (χ1v) is 17.2. The number of carbonyl (C=O) groups is 2. The smallest absolute Gasteiger partial charge is 0.352 e. The fraction of sp³-hybridized carbons (Fsp3) is 0.394. The van der Waals surface area contributed by atoms with E-state index in [0.717, 1.165) is 49.8 Å². The van der Waals surface area contributed by atoms with Crippen molar-refractivity contribution in [2.45, 2.75) is 82.1 Å². The Balaban J connectivity index is 1.78. The SMILES string of the molecule is CCC(C(=O)NC1CCCCC1)N(Cc1c(Cl)cccc1Cl)C(=O)CN(c1cccc(C(F)(F)F)c1)S(=O)(=O)c1ccc(C)cc1. The largest absolute Gasteiger partial charge is 0.416 e. The lowest BCUT2D eigenvalue weighted by Crippen LogP contribution is -2.54. The summed E-state index contributed by atoms with van der Waals surface area (Å²) in [5.74, 6) is -1.24. The zero-order valence-corrected chi connectivity index (χ0v) is 27.8. The van der Waals surface area contributed by atoms with E-state index in [1.165, 1.54) is 23.1 Å². The Kier molecular flexibility index (Phi) is 11.7. The van der Waals surface area contributed by atoms with Gasteiger partial charge in [-0.3, -0.25) is 13.9 Å². The number of sulfonamides is 1. The van der Waals surface area contributed by atoms with E-state index in [9.17, 15) is 31.2 Å². The number of nitrogens with one attached hydrogen (secondary N) is 1. The van der Waals surface area contributed by atoms with Gasteiger partial charge in [-0.05, 0) is 68.7 Å². The van der Waals surface area contributed by atoms with E-state index in [-0.39, 0.29) is 39.6 Å². The van der Waals surface area contributed by atoms with Crippen LogP contribution in [0.25, 0.3) is 0 Å². The standard InChI is InChI=1S/C33H36Cl2F3N3O4S/c1-3-30(32(43)39-24-10-5-4-6-11-24)40(20-27-28(34)13-8-14-29(27)35)31(42)21-41(25-12-7-9-23(19-25)33(36,37)38)46(44,45)26-17-15-22(2)16-18-26/h7-9,12-19,24,30H,3-6,10-11,20-21H2,1-2H3,(H,39,43). The molecule has 248 valence electrons. The van der Waals surface area contributed by atoms with Crippen molar-refractivity contribution in [1.82, 2.24) is 10.2 Å². The highest BCUT2D eigenvalue weighted by Gasteiger charge is 2.36. The van der Waals surface area contributed by atoms with Gasteiger partial charge in [-0.2, -0.15) is 13.2 Å². The molecule has 1 saturated carbocycles. The normalized spacial score (nSPS) is 14.8. The number of carbonyl (C=O) groups excluding carboxylic acids is 2. The summed E-state index contributed by atoms with van der Waals surface area (Å²) >= 11 is 12.9. The number of nitrogens with zero attached hydrogens (tertiary/aromatic N) is 2. The summed E-state index contributed by atoms with van der Waals surface area (Å²) in [4.78, 5) is 29.0. The molecule has 1 unspecified atom stereocenters. The first-order valence-electron chi connectivity index (χ1n) is 15.0. The van der Waals surface area contributed by atoms with Crippen LogP contribution in [0.5, 0.6) is 0 Å². The third-order valence-corrected chi connectivity index (χ3v) is 10.6. The van der Waals surface area contributed by atoms with Crippen LogP contribution in [0.1, 0.15) is 62.1 Å². The molecular weight excluding hydrogens is 662 g/mol. The molecule has 0 saturated heterocycles. The molecular formula is C33H36Cl2F3N3O4S. The van der Waals surface area contributed by atoms with Crippen LogP contribution >= 0.6 is 23.2 Å². The molecule has 3 aromatic carbocycles. The summed E-state index contributed by atoms with van der Waals surface area (Å²) in [6.45, 7) is 2.33. The first kappa shape index (κ1) is 35.6. The highest BCUT2D eigenvalue weighted by Crippen LogP contribution is 2.34. The number of halogens is 5. The van der Waals surface area contributed by atoms with Crippen LogP contribution in [0.2, 0.25) is 10.0 Å². The van der Waals surface area contributed by atoms with Gasteiger partial charge in [-0.15, -0.1) is 0 Å². The third-order valence-electron chi connectivity index (χ3n) is 8.08. The van der Waals surface area contributed by atoms with Crippen LogP contribution in [0, 0.1) is 6.92 Å². The second-order valence-electron chi connectivity index (χ2n) is 11.4. The lowest BCUT2D eigenvalue weighted by molar-refractivity contribution is -0.140. The maximum Gasteiger partial charge on any atom is 0.416 e. The predicted molar refractivity (Wildman–Crippen MR) is 173 cm³/mol. The van der Waals surface area contributed by atoms with Crippen LogP contribution in [0.15, 0.2) is 71.6 Å². The summed E-state index contributed by atoms with van der Waals surface area (Å²) in [5, 5.41) is 3.50. The molecule has 1 aliphatic rings. The van der Waals surface area contributed by atoms with Gasteiger partial charge >= 0.3 is 6.18 Å². The van der Waals surface area contributed by atoms with E-state index in [0.29, 0.717) is 15.9 Å². The molecule has 7 nitrogen and oxygen atoms in total. The van der Waals surface area contributed by atoms with Crippen LogP contribution in [-0.4, -0.2) is 43.8 Å². The molecule has 3 aromatic rings. The zero-order chi connectivity index (χ0) is 33.6. The summed E-state index contributed by atoms with van der Waals surface area (Å²) < 4.78 is 69.9. The van der Waals surface area contributed by atoms with Crippen molar-refractivity contribution in [3.8, 4) is 0 Å². The molecule has 0 radical (unpaired) electrons. The van der Waals surface area contributed by atoms with Crippen molar-refractivity contribution < 1.29 is 31.2 Å². The van der Waals surface area contributed by atoms with Crippen LogP contribution in [-0.2, 0) is 32.3 Å². The van der Waals surface area contributed by atoms with E-state index in [1.807, 2.05) is 0 Å². The van der Waals surface area contributed by atoms with Gasteiger partial charge in [0.15, 0.2) is 0 Å². The van der Waals surface area contributed by atoms with Crippen molar-refractivity contribution in [1.29, 1.82) is 0 Å². The molecule has 0 aromatic heterocycles. The third kappa shape index (κ3) is 8.54. The fourth-order valence-electron chi connectivity index (χ4n) is 5.52. The van der Waals surface area contributed by atoms with Crippen molar-refractivity contribution in [3.05, 3.63) is 93.5 Å². The molecule has 1 N–H and O–H groups in total. The fourth-order valence-corrected chi connectivity index (χ4v) is 7.44. The molecule has 1 aliphatic carbocycles. The number of hydrogen-bond acceptors (Lipinski definition) is 4. The van der Waals surface area contributed by atoms with Gasteiger partial charge in [0.05, 0.1) is 16.1 Å². The van der Waals surface area contributed by atoms with E-state index >= 15 is 0 Å². The maximum absolute atomic E-state index is 14.3. The average Bonchev–Trinajstić information content (AvgIpc) is 3.01. The minimum atomic E-state index is -4.77. The molecule has 0 spiro atoms. The van der Waals surface area contributed by atoms with E-state index in [2.05, 4.69) is 5.32 Å². The molecule has 1 atom stereocenters. The highest BCUT2D eigenvalue weighted by atomic mass is 35.5. The number of anilines is 1. The monoisotopic (exact) mass is 697 g/mol. The Bertz CT molecular complexity index is 1630. The molecule has 13 heteroatoms. The summed E-state index contributed by atoms with van der Waals surface area (Å²) in [7, 11) is -4.56. The minimum Gasteiger partial charge on any atom is -0.352 e. The summed E-state index contributed by atoms with van der Waals surface area (Å²) in [6.07, 6.45) is -0.0165. The van der Waals surface area contributed by atoms with Gasteiger partial charge in [0.25, 0.3) is 10.0 Å². The van der Waals surface area contributed by atoms with Crippen molar-refractivity contribution in [3.63, 3.8) is 0 Å². The predicted octanol–water partition coefficient (Wildman–Crippen LogP) is 7.77. The zero-order valence-electron chi connectivity index (χ0n) is 25.5. The lowest BCUT2D eigenvalue weighted by Gasteiger charge is -2.35. The molecule has 46 heavy (non-hydrogen) atoms. The first-order chi connectivity index (χ1) is 21.7. The van der Waals surface area contributed by atoms with Gasteiger partial charge in [0.2, 0.25) is 11.8 Å². The van der Waals surface area contributed by atoms with Crippen molar-refractivity contribution >= 4 is 50.7 Å². The summed E-state index contributed by atoms with van der Waals surface area (Å²) in [6, 6.07) is 13.2. The minimum absolute atomic E-state index is 0.0697. The van der Waals surface area contributed by atoms with Gasteiger partial charge < -0.3 is 10.2 Å². The number of amides is 2. The average molecular weight is 699 g/mol. The molecule has 0 bridgehead atoms. The number of rotatable bonds is 11. The van der Waals surface area contributed by atoms with Gasteiger partial charge in [-0.25, -0.2) is 8.42 Å². The second kappa shape index (κ2) is 15.1. The lowest BCUT2D eigenvalue weighted by atomic mass is 9.95. The van der Waals surface area contributed by atoms with E-state index in [1.54, 1.807) is 44.2 Å². The maximum atomic E-state index is 14.3. The van der Waals surface area contributed by atoms with E-state index < -0.39 is 46.2 Å². The Hall–Kier alpha value is -3.28. The molecule has 0 aliphatic heterocycles. The topological polar surface area (TPSA) is 86.8 Å². The van der Waals surface area contributed by atoms with Crippen LogP contribution in [0.4, 0.5) is 18.9 Å². The van der Waals surface area contributed by atoms with Crippen LogP contribution in [0.3, 0.4) is 0 Å². The second-order valence-corrected chi connectivity index (χ2v) is 14.0. The Labute approximate surface area is 277 Å². The number of hydrogen-bond donors (Lipinski definition) is 1. The highest BCUT2D eigenvalue weighted by molar-refractivity contribution is 7.92. The number of alkyl halides is 3. The summed E-state index contributed by atoms with van der Waals surface area (Å²) in [5.41, 5.74) is -0.341. The molecule has 0 heterocycles.